The number of ether oxygens (including phenoxy) is 1. The number of benzene rings is 2. The van der Waals surface area contributed by atoms with E-state index in [1.165, 1.54) is 4.31 Å². The number of carbonyl (C=O) groups is 1. The molecule has 0 radical (unpaired) electrons. The average Bonchev–Trinajstić information content (AvgIpc) is 3.22. The summed E-state index contributed by atoms with van der Waals surface area (Å²) in [5, 5.41) is 0.585. The van der Waals surface area contributed by atoms with E-state index in [1.54, 1.807) is 24.3 Å². The zero-order valence-electron chi connectivity index (χ0n) is 19.0. The fourth-order valence-electron chi connectivity index (χ4n) is 3.93. The van der Waals surface area contributed by atoms with Crippen molar-refractivity contribution in [2.45, 2.75) is 44.9 Å². The summed E-state index contributed by atoms with van der Waals surface area (Å²) in [5.74, 6) is -0.575. The Labute approximate surface area is 201 Å². The summed E-state index contributed by atoms with van der Waals surface area (Å²) < 4.78 is 35.2. The van der Waals surface area contributed by atoms with E-state index in [-0.39, 0.29) is 26.2 Å². The molecule has 1 N–H and O–H groups in total. The number of rotatable bonds is 12. The predicted octanol–water partition coefficient (Wildman–Crippen LogP) is 3.59. The molecular formula is C24H32ClN3O4S. The van der Waals surface area contributed by atoms with Crippen molar-refractivity contribution >= 4 is 27.8 Å². The Morgan fingerprint density at radius 2 is 1.88 bits per heavy atom. The van der Waals surface area contributed by atoms with Crippen molar-refractivity contribution in [3.8, 4) is 0 Å². The van der Waals surface area contributed by atoms with Crippen LogP contribution in [0.3, 0.4) is 0 Å². The summed E-state index contributed by atoms with van der Waals surface area (Å²) in [5.41, 5.74) is 1.63. The van der Waals surface area contributed by atoms with Gasteiger partial charge in [0, 0.05) is 24.2 Å². The van der Waals surface area contributed by atoms with E-state index in [0.29, 0.717) is 17.5 Å². The van der Waals surface area contributed by atoms with Crippen molar-refractivity contribution in [3.63, 3.8) is 0 Å². The molecule has 0 unspecified atom stereocenters. The zero-order valence-corrected chi connectivity index (χ0v) is 20.5. The highest BCUT2D eigenvalue weighted by atomic mass is 35.5. The first-order valence-corrected chi connectivity index (χ1v) is 13.0. The minimum absolute atomic E-state index is 0.110. The van der Waals surface area contributed by atoms with Crippen LogP contribution < -0.4 is 4.72 Å². The number of hydrogen-bond acceptors (Lipinski definition) is 5. The summed E-state index contributed by atoms with van der Waals surface area (Å²) in [6.45, 7) is 1.21. The molecule has 180 valence electrons. The van der Waals surface area contributed by atoms with Gasteiger partial charge in [0.15, 0.2) is 0 Å². The first-order valence-electron chi connectivity index (χ1n) is 11.2. The molecule has 0 aliphatic carbocycles. The topological polar surface area (TPSA) is 79.0 Å². The van der Waals surface area contributed by atoms with Crippen molar-refractivity contribution < 1.29 is 17.9 Å². The van der Waals surface area contributed by atoms with Gasteiger partial charge < -0.3 is 9.64 Å². The lowest BCUT2D eigenvalue weighted by Crippen LogP contribution is -2.44. The van der Waals surface area contributed by atoms with Gasteiger partial charge in [-0.25, -0.2) is 0 Å². The van der Waals surface area contributed by atoms with E-state index in [0.717, 1.165) is 36.9 Å². The smallest absolute Gasteiger partial charge is 0.321 e. The SMILES string of the molecule is CN1CCC[C@H]1CCCN(CC(=O)OCc1ccccc1)S(=O)(=O)NCc1ccc(Cl)cc1. The highest BCUT2D eigenvalue weighted by Crippen LogP contribution is 2.19. The van der Waals surface area contributed by atoms with Crippen LogP contribution in [-0.4, -0.2) is 56.3 Å². The molecule has 1 aliphatic heterocycles. The van der Waals surface area contributed by atoms with Crippen LogP contribution in [0.1, 0.15) is 36.8 Å². The van der Waals surface area contributed by atoms with E-state index in [1.807, 2.05) is 30.3 Å². The Morgan fingerprint density at radius 1 is 1.15 bits per heavy atom. The van der Waals surface area contributed by atoms with Crippen molar-refractivity contribution in [1.82, 2.24) is 13.9 Å². The van der Waals surface area contributed by atoms with Gasteiger partial charge >= 0.3 is 5.97 Å². The average molecular weight is 494 g/mol. The molecule has 0 amide bonds. The van der Waals surface area contributed by atoms with Crippen LogP contribution in [0.5, 0.6) is 0 Å². The highest BCUT2D eigenvalue weighted by molar-refractivity contribution is 7.87. The maximum atomic E-state index is 13.0. The monoisotopic (exact) mass is 493 g/mol. The molecule has 33 heavy (non-hydrogen) atoms. The second kappa shape index (κ2) is 12.5. The van der Waals surface area contributed by atoms with E-state index in [4.69, 9.17) is 16.3 Å². The van der Waals surface area contributed by atoms with E-state index < -0.39 is 16.2 Å². The van der Waals surface area contributed by atoms with Crippen LogP contribution in [0.4, 0.5) is 0 Å². The molecule has 9 heteroatoms. The number of likely N-dealkylation sites (tertiary alicyclic amines) is 1. The number of carbonyl (C=O) groups excluding carboxylic acids is 1. The summed E-state index contributed by atoms with van der Waals surface area (Å²) in [7, 11) is -1.78. The van der Waals surface area contributed by atoms with Crippen LogP contribution in [0.2, 0.25) is 5.02 Å². The molecule has 3 rings (SSSR count). The normalized spacial score (nSPS) is 16.9. The van der Waals surface area contributed by atoms with Crippen molar-refractivity contribution in [2.75, 3.05) is 26.7 Å². The van der Waals surface area contributed by atoms with Gasteiger partial charge in [0.05, 0.1) is 0 Å². The summed E-state index contributed by atoms with van der Waals surface area (Å²) in [6.07, 6.45) is 3.84. The number of esters is 1. The molecule has 2 aromatic rings. The number of hydrogen-bond donors (Lipinski definition) is 1. The highest BCUT2D eigenvalue weighted by Gasteiger charge is 2.26. The van der Waals surface area contributed by atoms with Gasteiger partial charge in [-0.3, -0.25) is 4.79 Å². The van der Waals surface area contributed by atoms with Gasteiger partial charge in [-0.15, -0.1) is 0 Å². The van der Waals surface area contributed by atoms with Crippen molar-refractivity contribution in [2.24, 2.45) is 0 Å². The molecule has 1 aliphatic rings. The lowest BCUT2D eigenvalue weighted by Gasteiger charge is -2.24. The van der Waals surface area contributed by atoms with E-state index in [9.17, 15) is 13.2 Å². The number of nitrogens with one attached hydrogen (secondary N) is 1. The maximum Gasteiger partial charge on any atom is 0.321 e. The van der Waals surface area contributed by atoms with Gasteiger partial charge in [0.25, 0.3) is 10.2 Å². The predicted molar refractivity (Wildman–Crippen MR) is 130 cm³/mol. The van der Waals surface area contributed by atoms with Gasteiger partial charge in [-0.2, -0.15) is 17.4 Å². The number of nitrogens with zero attached hydrogens (tertiary/aromatic N) is 2. The second-order valence-corrected chi connectivity index (χ2v) is 10.5. The minimum Gasteiger partial charge on any atom is -0.460 e. The lowest BCUT2D eigenvalue weighted by molar-refractivity contribution is -0.145. The van der Waals surface area contributed by atoms with E-state index in [2.05, 4.69) is 16.7 Å². The third kappa shape index (κ3) is 8.39. The standard InChI is InChI=1S/C24H32ClN3O4S/c1-27-15-5-9-23(27)10-6-16-28(18-24(29)32-19-21-7-3-2-4-8-21)33(30,31)26-17-20-11-13-22(25)14-12-20/h2-4,7-8,11-14,23,26H,5-6,9-10,15-19H2,1H3/t23-/m0/s1. The molecular weight excluding hydrogens is 462 g/mol. The fourth-order valence-corrected chi connectivity index (χ4v) is 5.23. The first kappa shape index (κ1) is 25.6. The number of halogens is 1. The molecule has 0 spiro atoms. The lowest BCUT2D eigenvalue weighted by atomic mass is 10.1. The zero-order chi connectivity index (χ0) is 23.7. The third-order valence-corrected chi connectivity index (χ3v) is 7.63. The molecule has 7 nitrogen and oxygen atoms in total. The molecule has 1 saturated heterocycles. The van der Waals surface area contributed by atoms with E-state index >= 15 is 0 Å². The molecule has 0 bridgehead atoms. The summed E-state index contributed by atoms with van der Waals surface area (Å²) >= 11 is 5.90. The van der Waals surface area contributed by atoms with Gasteiger partial charge in [0.1, 0.15) is 13.2 Å². The quantitative estimate of drug-likeness (QED) is 0.457. The maximum absolute atomic E-state index is 13.0. The minimum atomic E-state index is -3.88. The summed E-state index contributed by atoms with van der Waals surface area (Å²) in [4.78, 5) is 14.8. The second-order valence-electron chi connectivity index (χ2n) is 8.35. The Kier molecular flexibility index (Phi) is 9.70. The molecule has 1 fully saturated rings. The molecule has 0 saturated carbocycles. The molecule has 2 aromatic carbocycles. The Morgan fingerprint density at radius 3 is 2.55 bits per heavy atom. The first-order chi connectivity index (χ1) is 15.8. The molecule has 0 aromatic heterocycles. The van der Waals surface area contributed by atoms with Gasteiger partial charge in [-0.05, 0) is 62.5 Å². The molecule has 1 atom stereocenters. The summed E-state index contributed by atoms with van der Waals surface area (Å²) in [6, 6.07) is 16.7. The Bertz CT molecular complexity index is 987. The van der Waals surface area contributed by atoms with Gasteiger partial charge in [0.2, 0.25) is 0 Å². The van der Waals surface area contributed by atoms with Crippen LogP contribution in [0, 0.1) is 0 Å². The fraction of sp³-hybridized carbons (Fsp3) is 0.458. The van der Waals surface area contributed by atoms with Crippen molar-refractivity contribution in [3.05, 3.63) is 70.7 Å². The van der Waals surface area contributed by atoms with Crippen LogP contribution >= 0.6 is 11.6 Å². The van der Waals surface area contributed by atoms with Crippen molar-refractivity contribution in [1.29, 1.82) is 0 Å². The third-order valence-electron chi connectivity index (χ3n) is 5.88. The molecule has 1 heterocycles. The van der Waals surface area contributed by atoms with Gasteiger partial charge in [-0.1, -0.05) is 54.1 Å². The van der Waals surface area contributed by atoms with Crippen LogP contribution in [0.25, 0.3) is 0 Å². The Hall–Kier alpha value is -1.97. The van der Waals surface area contributed by atoms with Crippen LogP contribution in [-0.2, 0) is 32.9 Å². The Balaban J connectivity index is 1.59. The largest absolute Gasteiger partial charge is 0.460 e. The van der Waals surface area contributed by atoms with Crippen LogP contribution in [0.15, 0.2) is 54.6 Å².